The SMILES string of the molecule is C=CCCCC(NC)c1cc(Cl)cc(Br)c1. The van der Waals surface area contributed by atoms with Gasteiger partial charge in [-0.05, 0) is 50.1 Å². The molecular formula is C13H17BrClN. The van der Waals surface area contributed by atoms with E-state index in [2.05, 4.69) is 33.9 Å². The fourth-order valence-electron chi connectivity index (χ4n) is 1.72. The van der Waals surface area contributed by atoms with Gasteiger partial charge in [0.2, 0.25) is 0 Å². The van der Waals surface area contributed by atoms with E-state index in [1.165, 1.54) is 5.56 Å². The first-order valence-corrected chi connectivity index (χ1v) is 6.58. The number of hydrogen-bond donors (Lipinski definition) is 1. The lowest BCUT2D eigenvalue weighted by Crippen LogP contribution is -2.16. The van der Waals surface area contributed by atoms with Crippen LogP contribution >= 0.6 is 27.5 Å². The monoisotopic (exact) mass is 301 g/mol. The van der Waals surface area contributed by atoms with Crippen molar-refractivity contribution in [3.63, 3.8) is 0 Å². The zero-order valence-corrected chi connectivity index (χ0v) is 11.8. The van der Waals surface area contributed by atoms with Crippen LogP contribution in [0.2, 0.25) is 5.02 Å². The van der Waals surface area contributed by atoms with Gasteiger partial charge in [0, 0.05) is 15.5 Å². The Bertz CT molecular complexity index is 332. The molecule has 3 heteroatoms. The van der Waals surface area contributed by atoms with E-state index in [4.69, 9.17) is 11.6 Å². The van der Waals surface area contributed by atoms with Crippen LogP contribution in [0.3, 0.4) is 0 Å². The van der Waals surface area contributed by atoms with Gasteiger partial charge in [0.25, 0.3) is 0 Å². The summed E-state index contributed by atoms with van der Waals surface area (Å²) < 4.78 is 1.03. The summed E-state index contributed by atoms with van der Waals surface area (Å²) >= 11 is 9.50. The lowest BCUT2D eigenvalue weighted by molar-refractivity contribution is 0.530. The van der Waals surface area contributed by atoms with E-state index < -0.39 is 0 Å². The van der Waals surface area contributed by atoms with Crippen LogP contribution in [0, 0.1) is 0 Å². The van der Waals surface area contributed by atoms with Crippen LogP contribution in [-0.4, -0.2) is 7.05 Å². The van der Waals surface area contributed by atoms with E-state index >= 15 is 0 Å². The van der Waals surface area contributed by atoms with E-state index in [9.17, 15) is 0 Å². The Kier molecular flexibility index (Phi) is 6.10. The normalized spacial score (nSPS) is 12.4. The van der Waals surface area contributed by atoms with E-state index in [-0.39, 0.29) is 0 Å². The molecule has 1 aromatic rings. The third kappa shape index (κ3) is 4.28. The Hall–Kier alpha value is -0.310. The molecule has 1 unspecified atom stereocenters. The second kappa shape index (κ2) is 7.10. The summed E-state index contributed by atoms with van der Waals surface area (Å²) in [5.41, 5.74) is 1.23. The third-order valence-electron chi connectivity index (χ3n) is 2.54. The molecule has 0 aliphatic heterocycles. The van der Waals surface area contributed by atoms with Gasteiger partial charge in [-0.25, -0.2) is 0 Å². The molecule has 88 valence electrons. The first kappa shape index (κ1) is 13.8. The number of benzene rings is 1. The predicted molar refractivity (Wildman–Crippen MR) is 75.0 cm³/mol. The summed E-state index contributed by atoms with van der Waals surface area (Å²) in [6, 6.07) is 6.39. The van der Waals surface area contributed by atoms with E-state index in [0.717, 1.165) is 28.8 Å². The molecule has 1 atom stereocenters. The summed E-state index contributed by atoms with van der Waals surface area (Å²) in [6.45, 7) is 3.74. The lowest BCUT2D eigenvalue weighted by atomic mass is 10.0. The fourth-order valence-corrected chi connectivity index (χ4v) is 2.61. The van der Waals surface area contributed by atoms with Crippen molar-refractivity contribution in [3.8, 4) is 0 Å². The molecule has 0 spiro atoms. The van der Waals surface area contributed by atoms with Crippen molar-refractivity contribution in [2.24, 2.45) is 0 Å². The quantitative estimate of drug-likeness (QED) is 0.592. The van der Waals surface area contributed by atoms with E-state index in [0.29, 0.717) is 6.04 Å². The van der Waals surface area contributed by atoms with Crippen LogP contribution in [0.5, 0.6) is 0 Å². The van der Waals surface area contributed by atoms with Gasteiger partial charge in [0.05, 0.1) is 0 Å². The minimum Gasteiger partial charge on any atom is -0.313 e. The first-order valence-electron chi connectivity index (χ1n) is 5.41. The first-order chi connectivity index (χ1) is 7.67. The molecular weight excluding hydrogens is 286 g/mol. The molecule has 0 aromatic heterocycles. The lowest BCUT2D eigenvalue weighted by Gasteiger charge is -2.17. The van der Waals surface area contributed by atoms with Crippen molar-refractivity contribution in [1.82, 2.24) is 5.32 Å². The standard InChI is InChI=1S/C13H17BrClN/c1-3-4-5-6-13(16-2)10-7-11(14)9-12(15)8-10/h3,7-9,13,16H,1,4-6H2,2H3. The second-order valence-electron chi connectivity index (χ2n) is 3.76. The van der Waals surface area contributed by atoms with Gasteiger partial charge in [-0.15, -0.1) is 6.58 Å². The number of nitrogens with one attached hydrogen (secondary N) is 1. The van der Waals surface area contributed by atoms with Crippen molar-refractivity contribution in [2.75, 3.05) is 7.05 Å². The van der Waals surface area contributed by atoms with Crippen molar-refractivity contribution in [2.45, 2.75) is 25.3 Å². The van der Waals surface area contributed by atoms with Crippen molar-refractivity contribution < 1.29 is 0 Å². The minimum absolute atomic E-state index is 0.356. The Morgan fingerprint density at radius 2 is 2.25 bits per heavy atom. The highest BCUT2D eigenvalue weighted by atomic mass is 79.9. The molecule has 1 N–H and O–H groups in total. The number of halogens is 2. The average molecular weight is 303 g/mol. The average Bonchev–Trinajstić information content (AvgIpc) is 2.23. The van der Waals surface area contributed by atoms with Gasteiger partial charge in [-0.3, -0.25) is 0 Å². The zero-order chi connectivity index (χ0) is 12.0. The van der Waals surface area contributed by atoms with Crippen molar-refractivity contribution >= 4 is 27.5 Å². The molecule has 0 heterocycles. The largest absolute Gasteiger partial charge is 0.313 e. The number of allylic oxidation sites excluding steroid dienone is 1. The van der Waals surface area contributed by atoms with Crippen LogP contribution in [0.1, 0.15) is 30.9 Å². The maximum atomic E-state index is 6.04. The van der Waals surface area contributed by atoms with Gasteiger partial charge in [-0.2, -0.15) is 0 Å². The van der Waals surface area contributed by atoms with Crippen LogP contribution in [0.15, 0.2) is 35.3 Å². The van der Waals surface area contributed by atoms with Gasteiger partial charge >= 0.3 is 0 Å². The molecule has 0 radical (unpaired) electrons. The van der Waals surface area contributed by atoms with Crippen LogP contribution in [-0.2, 0) is 0 Å². The molecule has 0 saturated carbocycles. The topological polar surface area (TPSA) is 12.0 Å². The third-order valence-corrected chi connectivity index (χ3v) is 3.21. The molecule has 0 amide bonds. The maximum absolute atomic E-state index is 6.04. The Labute approximate surface area is 111 Å². The number of unbranched alkanes of at least 4 members (excludes halogenated alkanes) is 1. The zero-order valence-electron chi connectivity index (χ0n) is 9.47. The maximum Gasteiger partial charge on any atom is 0.0420 e. The highest BCUT2D eigenvalue weighted by Crippen LogP contribution is 2.26. The Morgan fingerprint density at radius 1 is 1.50 bits per heavy atom. The molecule has 0 aliphatic carbocycles. The molecule has 1 nitrogen and oxygen atoms in total. The molecule has 0 saturated heterocycles. The summed E-state index contributed by atoms with van der Waals surface area (Å²) in [4.78, 5) is 0. The van der Waals surface area contributed by atoms with Gasteiger partial charge in [0.1, 0.15) is 0 Å². The molecule has 0 aliphatic rings. The predicted octanol–water partition coefficient (Wildman–Crippen LogP) is 4.72. The van der Waals surface area contributed by atoms with Crippen LogP contribution in [0.25, 0.3) is 0 Å². The van der Waals surface area contributed by atoms with Crippen molar-refractivity contribution in [3.05, 3.63) is 45.9 Å². The van der Waals surface area contributed by atoms with Crippen LogP contribution < -0.4 is 5.32 Å². The number of rotatable bonds is 6. The number of hydrogen-bond acceptors (Lipinski definition) is 1. The summed E-state index contributed by atoms with van der Waals surface area (Å²) in [7, 11) is 1.98. The van der Waals surface area contributed by atoms with E-state index in [1.54, 1.807) is 0 Å². The van der Waals surface area contributed by atoms with Gasteiger partial charge in [0.15, 0.2) is 0 Å². The Balaban J connectivity index is 2.73. The van der Waals surface area contributed by atoms with Crippen LogP contribution in [0.4, 0.5) is 0 Å². The highest BCUT2D eigenvalue weighted by molar-refractivity contribution is 9.10. The summed E-state index contributed by atoms with van der Waals surface area (Å²) in [5.74, 6) is 0. The smallest absolute Gasteiger partial charge is 0.0420 e. The molecule has 0 fully saturated rings. The fraction of sp³-hybridized carbons (Fsp3) is 0.385. The van der Waals surface area contributed by atoms with Gasteiger partial charge < -0.3 is 5.32 Å². The highest BCUT2D eigenvalue weighted by Gasteiger charge is 2.09. The summed E-state index contributed by atoms with van der Waals surface area (Å²) in [5, 5.41) is 4.09. The molecule has 1 aromatic carbocycles. The minimum atomic E-state index is 0.356. The van der Waals surface area contributed by atoms with Crippen molar-refractivity contribution in [1.29, 1.82) is 0 Å². The van der Waals surface area contributed by atoms with Gasteiger partial charge in [-0.1, -0.05) is 33.6 Å². The van der Waals surface area contributed by atoms with E-state index in [1.807, 2.05) is 25.3 Å². The Morgan fingerprint density at radius 3 is 2.81 bits per heavy atom. The molecule has 16 heavy (non-hydrogen) atoms. The molecule has 0 bridgehead atoms. The second-order valence-corrected chi connectivity index (χ2v) is 5.12. The molecule has 1 rings (SSSR count). The summed E-state index contributed by atoms with van der Waals surface area (Å²) in [6.07, 6.45) is 5.25.